The van der Waals surface area contributed by atoms with E-state index in [1.165, 1.54) is 49.7 Å². The molecule has 4 aromatic rings. The van der Waals surface area contributed by atoms with Gasteiger partial charge in [-0.05, 0) is 44.5 Å². The number of fused-ring (bicyclic) bond motifs is 1. The lowest BCUT2D eigenvalue weighted by atomic mass is 10.0. The standard InChI is InChI=1S/C28H24F8N6O3/c1-4-20(27(31,32)33)40-14-9-17(29)21(18(30)10-14)25(43)41-19(26(44)45)11-15-5-6-16(24-37-7-8-42(15)24)23-22(28(34,35)36)12(2)38-13(3)39-23/h5-10,19-20,40H,4,11H2,1-3H3,(H,41,43)(H,44,45)/t19-,20+/m0/s1. The van der Waals surface area contributed by atoms with Crippen molar-refractivity contribution in [3.05, 3.63) is 76.6 Å². The van der Waals surface area contributed by atoms with Crippen LogP contribution in [0.3, 0.4) is 0 Å². The highest BCUT2D eigenvalue weighted by Crippen LogP contribution is 2.39. The van der Waals surface area contributed by atoms with Crippen LogP contribution in [0.15, 0.2) is 36.7 Å². The largest absolute Gasteiger partial charge is 0.480 e. The van der Waals surface area contributed by atoms with E-state index in [2.05, 4.69) is 15.0 Å². The first kappa shape index (κ1) is 33.1. The topological polar surface area (TPSA) is 122 Å². The summed E-state index contributed by atoms with van der Waals surface area (Å²) in [6, 6.07) is -0.463. The molecule has 45 heavy (non-hydrogen) atoms. The van der Waals surface area contributed by atoms with E-state index >= 15 is 0 Å². The number of carboxylic acid groups (broad SMARTS) is 1. The number of imidazole rings is 1. The number of carboxylic acids is 1. The maximum absolute atomic E-state index is 14.8. The molecule has 0 saturated carbocycles. The smallest absolute Gasteiger partial charge is 0.420 e. The van der Waals surface area contributed by atoms with Gasteiger partial charge in [-0.2, -0.15) is 26.3 Å². The summed E-state index contributed by atoms with van der Waals surface area (Å²) in [6.07, 6.45) is -7.94. The summed E-state index contributed by atoms with van der Waals surface area (Å²) in [6.45, 7) is 3.79. The Hall–Kier alpha value is -4.83. The van der Waals surface area contributed by atoms with Crippen LogP contribution in [0.5, 0.6) is 0 Å². The van der Waals surface area contributed by atoms with Crippen molar-refractivity contribution in [2.75, 3.05) is 5.32 Å². The van der Waals surface area contributed by atoms with E-state index in [-0.39, 0.29) is 28.4 Å². The van der Waals surface area contributed by atoms with Gasteiger partial charge in [0.2, 0.25) is 0 Å². The van der Waals surface area contributed by atoms with E-state index in [4.69, 9.17) is 0 Å². The second kappa shape index (κ2) is 12.3. The van der Waals surface area contributed by atoms with Gasteiger partial charge in [0.05, 0.1) is 11.4 Å². The Bertz CT molecular complexity index is 1750. The van der Waals surface area contributed by atoms with Crippen molar-refractivity contribution in [2.45, 2.75) is 58.0 Å². The van der Waals surface area contributed by atoms with Crippen LogP contribution in [0.1, 0.15) is 46.5 Å². The lowest BCUT2D eigenvalue weighted by Gasteiger charge is -2.22. The third kappa shape index (κ3) is 6.96. The molecular weight excluding hydrogens is 620 g/mol. The molecule has 0 spiro atoms. The van der Waals surface area contributed by atoms with Gasteiger partial charge in [0.1, 0.15) is 46.3 Å². The van der Waals surface area contributed by atoms with Gasteiger partial charge in [-0.15, -0.1) is 0 Å². The number of pyridine rings is 1. The molecule has 0 aliphatic rings. The fourth-order valence-electron chi connectivity index (χ4n) is 4.80. The number of alkyl halides is 6. The summed E-state index contributed by atoms with van der Waals surface area (Å²) in [5.74, 6) is -6.17. The fourth-order valence-corrected chi connectivity index (χ4v) is 4.80. The number of rotatable bonds is 9. The molecule has 2 atom stereocenters. The van der Waals surface area contributed by atoms with E-state index in [1.807, 2.05) is 10.6 Å². The van der Waals surface area contributed by atoms with Crippen molar-refractivity contribution in [1.29, 1.82) is 0 Å². The molecule has 0 fully saturated rings. The number of carbonyl (C=O) groups excluding carboxylic acids is 1. The van der Waals surface area contributed by atoms with Crippen molar-refractivity contribution in [3.63, 3.8) is 0 Å². The number of anilines is 1. The van der Waals surface area contributed by atoms with Gasteiger partial charge in [0.15, 0.2) is 0 Å². The van der Waals surface area contributed by atoms with Crippen LogP contribution in [-0.2, 0) is 17.4 Å². The summed E-state index contributed by atoms with van der Waals surface area (Å²) in [5, 5.41) is 13.7. The first-order chi connectivity index (χ1) is 20.9. The predicted molar refractivity (Wildman–Crippen MR) is 143 cm³/mol. The van der Waals surface area contributed by atoms with Gasteiger partial charge >= 0.3 is 18.3 Å². The highest BCUT2D eigenvalue weighted by Gasteiger charge is 2.39. The predicted octanol–water partition coefficient (Wildman–Crippen LogP) is 5.88. The van der Waals surface area contributed by atoms with Crippen LogP contribution in [0.25, 0.3) is 16.9 Å². The zero-order chi connectivity index (χ0) is 33.4. The monoisotopic (exact) mass is 644 g/mol. The van der Waals surface area contributed by atoms with Crippen molar-refractivity contribution in [2.24, 2.45) is 0 Å². The fraction of sp³-hybridized carbons (Fsp3) is 0.321. The van der Waals surface area contributed by atoms with Gasteiger partial charge in [-0.1, -0.05) is 6.92 Å². The van der Waals surface area contributed by atoms with Crippen LogP contribution in [0.2, 0.25) is 0 Å². The van der Waals surface area contributed by atoms with E-state index in [0.29, 0.717) is 12.1 Å². The number of aryl methyl sites for hydroxylation is 2. The maximum atomic E-state index is 14.8. The van der Waals surface area contributed by atoms with Gasteiger partial charge in [0.25, 0.3) is 5.91 Å². The number of amides is 1. The van der Waals surface area contributed by atoms with Crippen LogP contribution >= 0.6 is 0 Å². The zero-order valence-corrected chi connectivity index (χ0v) is 23.6. The van der Waals surface area contributed by atoms with Crippen LogP contribution < -0.4 is 10.6 Å². The van der Waals surface area contributed by atoms with E-state index in [1.54, 1.807) is 0 Å². The SMILES string of the molecule is CC[C@@H](Nc1cc(F)c(C(=O)N[C@@H](Cc2ccc(-c3nc(C)nc(C)c3C(F)(F)F)c3nccn23)C(=O)O)c(F)c1)C(F)(F)F. The van der Waals surface area contributed by atoms with Gasteiger partial charge < -0.3 is 20.1 Å². The van der Waals surface area contributed by atoms with Gasteiger partial charge in [-0.3, -0.25) is 4.79 Å². The molecular formula is C28H24F8N6O3. The maximum Gasteiger partial charge on any atom is 0.420 e. The minimum absolute atomic E-state index is 0.0321. The Kier molecular flexibility index (Phi) is 9.02. The minimum atomic E-state index is -4.82. The summed E-state index contributed by atoms with van der Waals surface area (Å²) in [7, 11) is 0. The Labute approximate surface area is 249 Å². The highest BCUT2D eigenvalue weighted by molar-refractivity contribution is 5.97. The molecule has 3 aromatic heterocycles. The number of hydrogen-bond donors (Lipinski definition) is 3. The summed E-state index contributed by atoms with van der Waals surface area (Å²) in [5.41, 5.74) is -3.63. The molecule has 9 nitrogen and oxygen atoms in total. The summed E-state index contributed by atoms with van der Waals surface area (Å²) in [4.78, 5) is 36.7. The Morgan fingerprint density at radius 1 is 1.02 bits per heavy atom. The number of nitrogens with one attached hydrogen (secondary N) is 2. The van der Waals surface area contributed by atoms with Crippen molar-refractivity contribution < 1.29 is 49.8 Å². The number of benzene rings is 1. The molecule has 4 rings (SSSR count). The van der Waals surface area contributed by atoms with E-state index in [9.17, 15) is 49.8 Å². The number of halogens is 8. The second-order valence-electron chi connectivity index (χ2n) is 9.97. The number of hydrogen-bond acceptors (Lipinski definition) is 6. The Morgan fingerprint density at radius 2 is 1.67 bits per heavy atom. The van der Waals surface area contributed by atoms with E-state index in [0.717, 1.165) is 0 Å². The quantitative estimate of drug-likeness (QED) is 0.195. The third-order valence-electron chi connectivity index (χ3n) is 6.80. The van der Waals surface area contributed by atoms with Crippen molar-refractivity contribution in [3.8, 4) is 11.3 Å². The normalized spacial score (nSPS) is 13.5. The Balaban J connectivity index is 1.65. The molecule has 0 aliphatic heterocycles. The average molecular weight is 645 g/mol. The Morgan fingerprint density at radius 3 is 2.22 bits per heavy atom. The van der Waals surface area contributed by atoms with Crippen LogP contribution in [-0.4, -0.2) is 54.6 Å². The van der Waals surface area contributed by atoms with Crippen molar-refractivity contribution >= 4 is 23.2 Å². The number of aromatic nitrogens is 4. The molecule has 3 heterocycles. The molecule has 0 aliphatic carbocycles. The van der Waals surface area contributed by atoms with Crippen LogP contribution in [0, 0.1) is 25.5 Å². The zero-order valence-electron chi connectivity index (χ0n) is 23.6. The average Bonchev–Trinajstić information content (AvgIpc) is 3.39. The lowest BCUT2D eigenvalue weighted by molar-refractivity contribution is -0.143. The van der Waals surface area contributed by atoms with Crippen LogP contribution in [0.4, 0.5) is 40.8 Å². The number of aliphatic carboxylic acids is 1. The molecule has 0 radical (unpaired) electrons. The summed E-state index contributed by atoms with van der Waals surface area (Å²) < 4.78 is 112. The lowest BCUT2D eigenvalue weighted by Crippen LogP contribution is -2.43. The number of carbonyl (C=O) groups is 2. The van der Waals surface area contributed by atoms with Crippen molar-refractivity contribution in [1.82, 2.24) is 24.7 Å². The number of nitrogens with zero attached hydrogens (tertiary/aromatic N) is 4. The molecule has 1 aromatic carbocycles. The molecule has 0 saturated heterocycles. The molecule has 0 unspecified atom stereocenters. The molecule has 17 heteroatoms. The minimum Gasteiger partial charge on any atom is -0.480 e. The first-order valence-corrected chi connectivity index (χ1v) is 13.2. The second-order valence-corrected chi connectivity index (χ2v) is 9.97. The third-order valence-corrected chi connectivity index (χ3v) is 6.80. The van der Waals surface area contributed by atoms with Gasteiger partial charge in [0, 0.05) is 35.8 Å². The van der Waals surface area contributed by atoms with E-state index < -0.39 is 83.3 Å². The molecule has 0 bridgehead atoms. The molecule has 240 valence electrons. The van der Waals surface area contributed by atoms with Gasteiger partial charge in [-0.25, -0.2) is 28.5 Å². The summed E-state index contributed by atoms with van der Waals surface area (Å²) >= 11 is 0. The molecule has 3 N–H and O–H groups in total. The first-order valence-electron chi connectivity index (χ1n) is 13.2. The highest BCUT2D eigenvalue weighted by atomic mass is 19.4. The molecule has 1 amide bonds.